The Balaban J connectivity index is 0. The van der Waals surface area contributed by atoms with Gasteiger partial charge in [-0.15, -0.1) is 0 Å². The predicted octanol–water partition coefficient (Wildman–Crippen LogP) is 2.71. The molecule has 0 heterocycles. The fourth-order valence-corrected chi connectivity index (χ4v) is 0. The number of hydrogen-bond donors (Lipinski definition) is 1. The topological polar surface area (TPSA) is 58.0 Å². The summed E-state index contributed by atoms with van der Waals surface area (Å²) in [6.07, 6.45) is 0.750. The number of isocyanates is 1. The normalized spacial score (nSPS) is 8.38. The number of halogens is 3. The van der Waals surface area contributed by atoms with Gasteiger partial charge in [0.1, 0.15) is 0 Å². The summed E-state index contributed by atoms with van der Waals surface area (Å²) in [5.74, 6) is 0. The molecule has 7 heteroatoms. The standard InChI is InChI=1S/CHNO.Cl3OP/c2-1-3;1-5(2,3)4/h2H;. The summed E-state index contributed by atoms with van der Waals surface area (Å²) in [6, 6.07) is 0. The van der Waals surface area contributed by atoms with Gasteiger partial charge in [-0.1, -0.05) is 0 Å². The smallest absolute Gasteiger partial charge is 0.271 e. The molecule has 0 aromatic carbocycles. The highest BCUT2D eigenvalue weighted by Crippen LogP contribution is 2.61. The van der Waals surface area contributed by atoms with Crippen LogP contribution in [0.1, 0.15) is 0 Å². The fraction of sp³-hybridized carbons (Fsp3) is 0. The Labute approximate surface area is 60.2 Å². The maximum atomic E-state index is 9.51. The molecule has 0 aromatic heterocycles. The molecule has 0 fully saturated rings. The summed E-state index contributed by atoms with van der Waals surface area (Å²) in [6.45, 7) is 0. The van der Waals surface area contributed by atoms with E-state index in [0.717, 1.165) is 6.08 Å². The van der Waals surface area contributed by atoms with E-state index in [2.05, 4.69) is 33.7 Å². The fourth-order valence-electron chi connectivity index (χ4n) is 0. The minimum atomic E-state index is -3.22. The molecule has 3 nitrogen and oxygen atoms in total. The molecule has 0 aliphatic heterocycles. The molecular formula is CHCl3NO2P. The highest BCUT2D eigenvalue weighted by molar-refractivity contribution is 8.24. The van der Waals surface area contributed by atoms with Crippen molar-refractivity contribution < 1.29 is 9.36 Å². The zero-order valence-corrected chi connectivity index (χ0v) is 6.56. The lowest BCUT2D eigenvalue weighted by molar-refractivity contribution is 0.562. The van der Waals surface area contributed by atoms with E-state index < -0.39 is 5.20 Å². The molecule has 48 valence electrons. The van der Waals surface area contributed by atoms with Gasteiger partial charge in [0.2, 0.25) is 6.08 Å². The van der Waals surface area contributed by atoms with E-state index in [-0.39, 0.29) is 0 Å². The van der Waals surface area contributed by atoms with Crippen LogP contribution in [0, 0.1) is 5.41 Å². The first-order chi connectivity index (χ1) is 3.41. The van der Waals surface area contributed by atoms with Crippen molar-refractivity contribution in [3.05, 3.63) is 0 Å². The average molecular weight is 196 g/mol. The van der Waals surface area contributed by atoms with Crippen molar-refractivity contribution in [2.45, 2.75) is 0 Å². The summed E-state index contributed by atoms with van der Waals surface area (Å²) < 4.78 is 9.51. The molecule has 1 N–H and O–H groups in total. The third kappa shape index (κ3) is 845. The first kappa shape index (κ1) is 11.3. The van der Waals surface area contributed by atoms with Crippen LogP contribution >= 0.6 is 38.9 Å². The van der Waals surface area contributed by atoms with E-state index >= 15 is 0 Å². The summed E-state index contributed by atoms with van der Waals surface area (Å²) in [5.41, 5.74) is 0. The number of nitrogens with one attached hydrogen (secondary N) is 1. The molecule has 0 saturated carbocycles. The van der Waals surface area contributed by atoms with Gasteiger partial charge in [0.15, 0.2) is 0 Å². The largest absolute Gasteiger partial charge is 0.339 e. The summed E-state index contributed by atoms with van der Waals surface area (Å²) in [5, 5.41) is 2.18. The first-order valence-corrected chi connectivity index (χ1v) is 5.57. The van der Waals surface area contributed by atoms with Crippen LogP contribution in [0.15, 0.2) is 0 Å². The van der Waals surface area contributed by atoms with Crippen LogP contribution in [0.2, 0.25) is 0 Å². The van der Waals surface area contributed by atoms with Gasteiger partial charge in [-0.2, -0.15) is 0 Å². The lowest BCUT2D eigenvalue weighted by Gasteiger charge is -1.74. The van der Waals surface area contributed by atoms with Crippen molar-refractivity contribution in [1.29, 1.82) is 5.41 Å². The molecule has 0 amide bonds. The third-order valence-electron chi connectivity index (χ3n) is 0. The maximum Gasteiger partial charge on any atom is 0.339 e. The van der Waals surface area contributed by atoms with Gasteiger partial charge in [-0.05, 0) is 33.7 Å². The minimum absolute atomic E-state index is 0.750. The highest BCUT2D eigenvalue weighted by atomic mass is 36.0. The molecule has 0 bridgehead atoms. The van der Waals surface area contributed by atoms with Crippen LogP contribution in [0.5, 0.6) is 0 Å². The molecule has 0 aromatic rings. The van der Waals surface area contributed by atoms with E-state index in [4.69, 9.17) is 10.2 Å². The van der Waals surface area contributed by atoms with Crippen molar-refractivity contribution in [3.8, 4) is 0 Å². The van der Waals surface area contributed by atoms with Crippen molar-refractivity contribution in [1.82, 2.24) is 0 Å². The maximum absolute atomic E-state index is 9.51. The zero-order valence-electron chi connectivity index (χ0n) is 3.40. The summed E-state index contributed by atoms with van der Waals surface area (Å²) >= 11 is 13.8. The lowest BCUT2D eigenvalue weighted by Crippen LogP contribution is -1.19. The molecule has 0 atom stereocenters. The van der Waals surface area contributed by atoms with Gasteiger partial charge in [0.05, 0.1) is 0 Å². The molecule has 0 rings (SSSR count). The van der Waals surface area contributed by atoms with Crippen LogP contribution in [-0.4, -0.2) is 6.08 Å². The minimum Gasteiger partial charge on any atom is -0.271 e. The average Bonchev–Trinajstić information content (AvgIpc) is 1.27. The first-order valence-electron chi connectivity index (χ1n) is 1.14. The van der Waals surface area contributed by atoms with Crippen LogP contribution in [0.4, 0.5) is 0 Å². The van der Waals surface area contributed by atoms with E-state index in [9.17, 15) is 4.57 Å². The van der Waals surface area contributed by atoms with Gasteiger partial charge >= 0.3 is 5.20 Å². The number of rotatable bonds is 0. The zero-order chi connectivity index (χ0) is 7.21. The van der Waals surface area contributed by atoms with E-state index in [1.807, 2.05) is 0 Å². The second-order valence-electron chi connectivity index (χ2n) is 0.501. The van der Waals surface area contributed by atoms with Gasteiger partial charge in [-0.25, -0.2) is 10.2 Å². The summed E-state index contributed by atoms with van der Waals surface area (Å²) in [4.78, 5) is 8.35. The van der Waals surface area contributed by atoms with Gasteiger partial charge in [0, 0.05) is 0 Å². The second-order valence-corrected chi connectivity index (χ2v) is 7.14. The van der Waals surface area contributed by atoms with E-state index in [1.54, 1.807) is 0 Å². The van der Waals surface area contributed by atoms with Crippen molar-refractivity contribution in [2.75, 3.05) is 0 Å². The van der Waals surface area contributed by atoms with Crippen LogP contribution in [0.25, 0.3) is 0 Å². The summed E-state index contributed by atoms with van der Waals surface area (Å²) in [7, 11) is 0. The molecule has 0 radical (unpaired) electrons. The third-order valence-corrected chi connectivity index (χ3v) is 0. The van der Waals surface area contributed by atoms with Gasteiger partial charge in [0.25, 0.3) is 0 Å². The van der Waals surface area contributed by atoms with Crippen molar-refractivity contribution >= 4 is 45.0 Å². The molecule has 0 aliphatic carbocycles. The van der Waals surface area contributed by atoms with Crippen molar-refractivity contribution in [3.63, 3.8) is 0 Å². The number of carbonyl (C=O) groups excluding carboxylic acids is 1. The van der Waals surface area contributed by atoms with Crippen molar-refractivity contribution in [2.24, 2.45) is 0 Å². The van der Waals surface area contributed by atoms with Crippen LogP contribution < -0.4 is 0 Å². The Bertz CT molecular complexity index is 115. The van der Waals surface area contributed by atoms with Gasteiger partial charge in [-0.3, -0.25) is 4.57 Å². The van der Waals surface area contributed by atoms with Crippen LogP contribution in [-0.2, 0) is 9.36 Å². The second kappa shape index (κ2) is 5.61. The SMILES string of the molecule is N=C=O.O=P(Cl)(Cl)Cl. The Kier molecular flexibility index (Phi) is 7.93. The molecular weight excluding hydrogens is 195 g/mol. The Morgan fingerprint density at radius 1 is 1.38 bits per heavy atom. The molecule has 0 saturated heterocycles. The van der Waals surface area contributed by atoms with E-state index in [1.165, 1.54) is 0 Å². The Hall–Kier alpha value is 0.480. The molecule has 0 aliphatic rings. The highest BCUT2D eigenvalue weighted by Gasteiger charge is 2.02. The Morgan fingerprint density at radius 2 is 1.38 bits per heavy atom. The Morgan fingerprint density at radius 3 is 1.38 bits per heavy atom. The molecule has 0 spiro atoms. The number of hydrogen-bond acceptors (Lipinski definition) is 3. The van der Waals surface area contributed by atoms with E-state index in [0.29, 0.717) is 0 Å². The quantitative estimate of drug-likeness (QED) is 0.368. The molecule has 8 heavy (non-hydrogen) atoms. The van der Waals surface area contributed by atoms with Crippen LogP contribution in [0.3, 0.4) is 0 Å². The van der Waals surface area contributed by atoms with Gasteiger partial charge < -0.3 is 0 Å². The lowest BCUT2D eigenvalue weighted by atomic mass is 11.7. The monoisotopic (exact) mass is 195 g/mol. The molecule has 0 unspecified atom stereocenters. The predicted molar refractivity (Wildman–Crippen MR) is 33.6 cm³/mol.